The second kappa shape index (κ2) is 7.75. The van der Waals surface area contributed by atoms with Crippen molar-refractivity contribution in [3.63, 3.8) is 0 Å². The topological polar surface area (TPSA) is 74.0 Å². The van der Waals surface area contributed by atoms with Crippen LogP contribution in [0.25, 0.3) is 0 Å². The van der Waals surface area contributed by atoms with Crippen molar-refractivity contribution in [1.82, 2.24) is 4.90 Å². The summed E-state index contributed by atoms with van der Waals surface area (Å²) in [5.41, 5.74) is 6.11. The van der Waals surface area contributed by atoms with Gasteiger partial charge in [-0.05, 0) is 24.1 Å². The number of hydrogen-bond donors (Lipinski definition) is 1. The fraction of sp³-hybridized carbons (Fsp3) is 0.562. The highest BCUT2D eigenvalue weighted by Crippen LogP contribution is 2.40. The molecule has 1 aliphatic heterocycles. The normalized spacial score (nSPS) is 13.1. The predicted octanol–water partition coefficient (Wildman–Crippen LogP) is 1.95. The number of nitrogens with two attached hydrogens (primary N) is 1. The SMILES string of the molecule is COc1cc(C(=O)N(C)CC(C)(C)CN)cc2c1OCCO2.Cl. The molecule has 0 spiro atoms. The highest BCUT2D eigenvalue weighted by atomic mass is 35.5. The van der Waals surface area contributed by atoms with Crippen LogP contribution in [0.2, 0.25) is 0 Å². The van der Waals surface area contributed by atoms with Gasteiger partial charge in [0.2, 0.25) is 5.75 Å². The molecule has 0 aromatic heterocycles. The van der Waals surface area contributed by atoms with Gasteiger partial charge in [0.05, 0.1) is 7.11 Å². The van der Waals surface area contributed by atoms with E-state index in [0.717, 1.165) is 0 Å². The quantitative estimate of drug-likeness (QED) is 0.883. The first kappa shape index (κ1) is 19.4. The molecule has 1 aromatic rings. The van der Waals surface area contributed by atoms with E-state index in [9.17, 15) is 4.79 Å². The lowest BCUT2D eigenvalue weighted by Crippen LogP contribution is -2.39. The molecule has 0 saturated carbocycles. The van der Waals surface area contributed by atoms with Crippen LogP contribution in [0.15, 0.2) is 12.1 Å². The minimum absolute atomic E-state index is 0. The molecule has 0 radical (unpaired) electrons. The van der Waals surface area contributed by atoms with Crippen molar-refractivity contribution in [2.75, 3.05) is 40.5 Å². The molecule has 0 fully saturated rings. The number of benzene rings is 1. The van der Waals surface area contributed by atoms with E-state index in [-0.39, 0.29) is 23.7 Å². The second-order valence-electron chi connectivity index (χ2n) is 6.23. The van der Waals surface area contributed by atoms with Gasteiger partial charge in [0.1, 0.15) is 13.2 Å². The number of hydrogen-bond acceptors (Lipinski definition) is 5. The van der Waals surface area contributed by atoms with Crippen molar-refractivity contribution in [2.45, 2.75) is 13.8 Å². The van der Waals surface area contributed by atoms with Gasteiger partial charge in [-0.2, -0.15) is 0 Å². The van der Waals surface area contributed by atoms with Gasteiger partial charge in [-0.1, -0.05) is 13.8 Å². The molecule has 2 rings (SSSR count). The van der Waals surface area contributed by atoms with Crippen LogP contribution in [-0.4, -0.2) is 51.3 Å². The molecule has 7 heteroatoms. The van der Waals surface area contributed by atoms with Crippen LogP contribution in [0.5, 0.6) is 17.2 Å². The summed E-state index contributed by atoms with van der Waals surface area (Å²) in [6.07, 6.45) is 0. The number of halogens is 1. The summed E-state index contributed by atoms with van der Waals surface area (Å²) in [7, 11) is 3.31. The van der Waals surface area contributed by atoms with E-state index in [1.165, 1.54) is 0 Å². The van der Waals surface area contributed by atoms with Crippen LogP contribution < -0.4 is 19.9 Å². The highest BCUT2D eigenvalue weighted by molar-refractivity contribution is 5.95. The van der Waals surface area contributed by atoms with Crippen LogP contribution in [0.1, 0.15) is 24.2 Å². The van der Waals surface area contributed by atoms with E-state index >= 15 is 0 Å². The molecule has 130 valence electrons. The van der Waals surface area contributed by atoms with Gasteiger partial charge < -0.3 is 24.8 Å². The van der Waals surface area contributed by atoms with Gasteiger partial charge in [0.25, 0.3) is 5.91 Å². The summed E-state index contributed by atoms with van der Waals surface area (Å²) in [4.78, 5) is 14.3. The van der Waals surface area contributed by atoms with Crippen molar-refractivity contribution < 1.29 is 19.0 Å². The van der Waals surface area contributed by atoms with E-state index in [0.29, 0.717) is 49.1 Å². The van der Waals surface area contributed by atoms with Crippen molar-refractivity contribution >= 4 is 18.3 Å². The number of carbonyl (C=O) groups excluding carboxylic acids is 1. The summed E-state index contributed by atoms with van der Waals surface area (Å²) in [5, 5.41) is 0. The predicted molar refractivity (Wildman–Crippen MR) is 91.0 cm³/mol. The minimum Gasteiger partial charge on any atom is -0.493 e. The fourth-order valence-electron chi connectivity index (χ4n) is 2.40. The Hall–Kier alpha value is -1.66. The van der Waals surface area contributed by atoms with Gasteiger partial charge in [0.15, 0.2) is 11.5 Å². The zero-order valence-electron chi connectivity index (χ0n) is 14.0. The van der Waals surface area contributed by atoms with Gasteiger partial charge in [-0.15, -0.1) is 12.4 Å². The van der Waals surface area contributed by atoms with Crippen LogP contribution in [0.4, 0.5) is 0 Å². The molecule has 1 heterocycles. The number of rotatable bonds is 5. The Labute approximate surface area is 143 Å². The molecule has 0 saturated heterocycles. The largest absolute Gasteiger partial charge is 0.493 e. The molecule has 0 bridgehead atoms. The third-order valence-electron chi connectivity index (χ3n) is 3.64. The molecule has 1 aromatic carbocycles. The summed E-state index contributed by atoms with van der Waals surface area (Å²) in [5.74, 6) is 1.50. The van der Waals surface area contributed by atoms with Crippen molar-refractivity contribution in [2.24, 2.45) is 11.1 Å². The zero-order valence-corrected chi connectivity index (χ0v) is 14.9. The number of ether oxygens (including phenoxy) is 3. The van der Waals surface area contributed by atoms with Crippen molar-refractivity contribution in [3.05, 3.63) is 17.7 Å². The first-order chi connectivity index (χ1) is 10.4. The van der Waals surface area contributed by atoms with Gasteiger partial charge in [-0.25, -0.2) is 0 Å². The first-order valence-electron chi connectivity index (χ1n) is 7.31. The van der Waals surface area contributed by atoms with Gasteiger partial charge in [0, 0.05) is 19.2 Å². The lowest BCUT2D eigenvalue weighted by molar-refractivity contribution is 0.0739. The fourth-order valence-corrected chi connectivity index (χ4v) is 2.40. The summed E-state index contributed by atoms with van der Waals surface area (Å²) < 4.78 is 16.4. The second-order valence-corrected chi connectivity index (χ2v) is 6.23. The van der Waals surface area contributed by atoms with E-state index in [1.54, 1.807) is 31.2 Å². The minimum atomic E-state index is -0.137. The number of methoxy groups -OCH3 is 1. The van der Waals surface area contributed by atoms with Crippen LogP contribution in [-0.2, 0) is 0 Å². The maximum Gasteiger partial charge on any atom is 0.253 e. The molecule has 6 nitrogen and oxygen atoms in total. The number of fused-ring (bicyclic) bond motifs is 1. The lowest BCUT2D eigenvalue weighted by Gasteiger charge is -2.29. The summed E-state index contributed by atoms with van der Waals surface area (Å²) in [6, 6.07) is 3.38. The van der Waals surface area contributed by atoms with E-state index < -0.39 is 0 Å². The van der Waals surface area contributed by atoms with Crippen molar-refractivity contribution in [3.8, 4) is 17.2 Å². The number of carbonyl (C=O) groups is 1. The maximum absolute atomic E-state index is 12.6. The summed E-state index contributed by atoms with van der Waals surface area (Å²) >= 11 is 0. The molecular formula is C16H25ClN2O4. The van der Waals surface area contributed by atoms with E-state index in [2.05, 4.69) is 0 Å². The van der Waals surface area contributed by atoms with Crippen LogP contribution >= 0.6 is 12.4 Å². The average molecular weight is 345 g/mol. The molecular weight excluding hydrogens is 320 g/mol. The van der Waals surface area contributed by atoms with Crippen LogP contribution in [0, 0.1) is 5.41 Å². The Morgan fingerprint density at radius 1 is 1.35 bits per heavy atom. The summed E-state index contributed by atoms with van der Waals surface area (Å²) in [6.45, 7) is 6.07. The maximum atomic E-state index is 12.6. The molecule has 0 unspecified atom stereocenters. The van der Waals surface area contributed by atoms with Gasteiger partial charge in [-0.3, -0.25) is 4.79 Å². The first-order valence-corrected chi connectivity index (χ1v) is 7.31. The molecule has 2 N–H and O–H groups in total. The van der Waals surface area contributed by atoms with Crippen LogP contribution in [0.3, 0.4) is 0 Å². The monoisotopic (exact) mass is 344 g/mol. The number of amides is 1. The smallest absolute Gasteiger partial charge is 0.253 e. The molecule has 1 aliphatic rings. The third kappa shape index (κ3) is 4.42. The molecule has 0 atom stereocenters. The van der Waals surface area contributed by atoms with Crippen molar-refractivity contribution in [1.29, 1.82) is 0 Å². The number of nitrogens with zero attached hydrogens (tertiary/aromatic N) is 1. The Morgan fingerprint density at radius 3 is 2.61 bits per heavy atom. The molecule has 0 aliphatic carbocycles. The Morgan fingerprint density at radius 2 is 2.00 bits per heavy atom. The highest BCUT2D eigenvalue weighted by Gasteiger charge is 2.25. The average Bonchev–Trinajstić information content (AvgIpc) is 2.52. The Kier molecular flexibility index (Phi) is 6.53. The Balaban J connectivity index is 0.00000264. The van der Waals surface area contributed by atoms with Gasteiger partial charge >= 0.3 is 0 Å². The standard InChI is InChI=1S/C16H24N2O4.ClH/c1-16(2,9-17)10-18(3)15(19)11-7-12(20-4)14-13(8-11)21-5-6-22-14;/h7-8H,5-6,9-10,17H2,1-4H3;1H. The van der Waals surface area contributed by atoms with E-state index in [1.807, 2.05) is 13.8 Å². The molecule has 23 heavy (non-hydrogen) atoms. The lowest BCUT2D eigenvalue weighted by atomic mass is 9.93. The van der Waals surface area contributed by atoms with E-state index in [4.69, 9.17) is 19.9 Å². The molecule has 1 amide bonds. The zero-order chi connectivity index (χ0) is 16.3. The Bertz CT molecular complexity index is 546. The third-order valence-corrected chi connectivity index (χ3v) is 3.64.